The van der Waals surface area contributed by atoms with Crippen LogP contribution in [-0.2, 0) is 4.79 Å². The molecule has 0 aliphatic heterocycles. The lowest BCUT2D eigenvalue weighted by Crippen LogP contribution is -2.45. The number of nitrogens with one attached hydrogen (secondary N) is 1. The summed E-state index contributed by atoms with van der Waals surface area (Å²) in [6.45, 7) is 4.37. The van der Waals surface area contributed by atoms with Crippen LogP contribution >= 0.6 is 0 Å². The molecule has 4 nitrogen and oxygen atoms in total. The number of amides is 1. The van der Waals surface area contributed by atoms with Gasteiger partial charge in [0.05, 0.1) is 18.8 Å². The van der Waals surface area contributed by atoms with Crippen LogP contribution in [0.2, 0.25) is 0 Å². The maximum absolute atomic E-state index is 12.4. The van der Waals surface area contributed by atoms with Crippen LogP contribution in [0.25, 0.3) is 0 Å². The van der Waals surface area contributed by atoms with Gasteiger partial charge in [0.15, 0.2) is 0 Å². The van der Waals surface area contributed by atoms with E-state index >= 15 is 0 Å². The van der Waals surface area contributed by atoms with Crippen LogP contribution in [0.1, 0.15) is 309 Å². The van der Waals surface area contributed by atoms with Gasteiger partial charge in [0.1, 0.15) is 0 Å². The summed E-state index contributed by atoms with van der Waals surface area (Å²) in [5.74, 6) is -0.0259. The standard InChI is InChI=1S/C52H105NO3/c1-3-5-7-9-11-13-15-16-17-18-19-20-21-22-23-24-25-26-27-28-29-30-31-32-33-34-35-36-37-38-40-42-44-46-48-52(56)53-50(49-54)51(55)47-45-43-41-39-14-12-10-8-6-4-2/h50-51,54-55H,3-49H2,1-2H3,(H,53,56). The minimum absolute atomic E-state index is 0.0259. The number of aliphatic hydroxyl groups excluding tert-OH is 2. The third kappa shape index (κ3) is 44.5. The van der Waals surface area contributed by atoms with Gasteiger partial charge in [0.25, 0.3) is 0 Å². The molecule has 56 heavy (non-hydrogen) atoms. The molecule has 2 unspecified atom stereocenters. The van der Waals surface area contributed by atoms with E-state index < -0.39 is 12.1 Å². The predicted molar refractivity (Wildman–Crippen MR) is 249 cm³/mol. The molecule has 0 fully saturated rings. The number of hydrogen-bond acceptors (Lipinski definition) is 3. The highest BCUT2D eigenvalue weighted by Crippen LogP contribution is 2.18. The summed E-state index contributed by atoms with van der Waals surface area (Å²) >= 11 is 0. The molecule has 0 aliphatic rings. The monoisotopic (exact) mass is 792 g/mol. The van der Waals surface area contributed by atoms with Gasteiger partial charge in [-0.2, -0.15) is 0 Å². The lowest BCUT2D eigenvalue weighted by Gasteiger charge is -2.22. The van der Waals surface area contributed by atoms with E-state index in [0.717, 1.165) is 25.7 Å². The summed E-state index contributed by atoms with van der Waals surface area (Å²) in [5, 5.41) is 23.1. The highest BCUT2D eigenvalue weighted by atomic mass is 16.3. The van der Waals surface area contributed by atoms with Crippen molar-refractivity contribution in [3.63, 3.8) is 0 Å². The summed E-state index contributed by atoms with van der Waals surface area (Å²) in [6.07, 6.45) is 61.0. The molecule has 0 heterocycles. The van der Waals surface area contributed by atoms with Crippen molar-refractivity contribution in [2.75, 3.05) is 6.61 Å². The molecule has 336 valence electrons. The van der Waals surface area contributed by atoms with E-state index in [4.69, 9.17) is 0 Å². The Kier molecular flexibility index (Phi) is 48.2. The van der Waals surface area contributed by atoms with Gasteiger partial charge in [-0.25, -0.2) is 0 Å². The Balaban J connectivity index is 3.31. The van der Waals surface area contributed by atoms with Crippen LogP contribution in [0, 0.1) is 0 Å². The molecule has 0 aromatic carbocycles. The summed E-state index contributed by atoms with van der Waals surface area (Å²) in [5.41, 5.74) is 0. The molecular weight excluding hydrogens is 687 g/mol. The van der Waals surface area contributed by atoms with Gasteiger partial charge in [-0.05, 0) is 12.8 Å². The van der Waals surface area contributed by atoms with Crippen LogP contribution in [0.4, 0.5) is 0 Å². The molecule has 0 bridgehead atoms. The molecule has 0 aliphatic carbocycles. The molecule has 0 radical (unpaired) electrons. The SMILES string of the molecule is CCCCCCCCCCCCCCCCCCCCCCCCCCCCCCCCCCCCC(=O)NC(CO)C(O)CCCCCCCCCCCC. The predicted octanol–water partition coefficient (Wildman–Crippen LogP) is 16.8. The summed E-state index contributed by atoms with van der Waals surface area (Å²) in [6, 6.07) is -0.529. The number of unbranched alkanes of at least 4 members (excludes halogenated alkanes) is 42. The number of carbonyl (C=O) groups is 1. The van der Waals surface area contributed by atoms with Crippen LogP contribution in [0.3, 0.4) is 0 Å². The fourth-order valence-electron chi connectivity index (χ4n) is 8.60. The van der Waals surface area contributed by atoms with Gasteiger partial charge >= 0.3 is 0 Å². The zero-order valence-electron chi connectivity index (χ0n) is 38.7. The Morgan fingerprint density at radius 3 is 0.804 bits per heavy atom. The van der Waals surface area contributed by atoms with E-state index in [-0.39, 0.29) is 12.5 Å². The molecule has 3 N–H and O–H groups in total. The molecule has 0 saturated carbocycles. The molecule has 4 heteroatoms. The lowest BCUT2D eigenvalue weighted by atomic mass is 10.0. The van der Waals surface area contributed by atoms with Gasteiger partial charge in [0.2, 0.25) is 5.91 Å². The maximum atomic E-state index is 12.4. The van der Waals surface area contributed by atoms with Crippen LogP contribution in [0.5, 0.6) is 0 Å². The molecule has 0 saturated heterocycles. The first kappa shape index (κ1) is 55.4. The first-order valence-electron chi connectivity index (χ1n) is 26.2. The van der Waals surface area contributed by atoms with Crippen molar-refractivity contribution >= 4 is 5.91 Å². The van der Waals surface area contributed by atoms with Crippen molar-refractivity contribution in [1.29, 1.82) is 0 Å². The molecule has 0 spiro atoms. The number of hydrogen-bond donors (Lipinski definition) is 3. The highest BCUT2D eigenvalue weighted by Gasteiger charge is 2.20. The second kappa shape index (κ2) is 48.8. The maximum Gasteiger partial charge on any atom is 0.220 e. The average Bonchev–Trinajstić information content (AvgIpc) is 3.20. The number of rotatable bonds is 49. The zero-order valence-corrected chi connectivity index (χ0v) is 38.7. The van der Waals surface area contributed by atoms with Gasteiger partial charge < -0.3 is 15.5 Å². The van der Waals surface area contributed by atoms with Crippen LogP contribution in [0.15, 0.2) is 0 Å². The lowest BCUT2D eigenvalue weighted by molar-refractivity contribution is -0.123. The highest BCUT2D eigenvalue weighted by molar-refractivity contribution is 5.76. The van der Waals surface area contributed by atoms with E-state index in [1.165, 1.54) is 257 Å². The zero-order chi connectivity index (χ0) is 40.7. The van der Waals surface area contributed by atoms with Gasteiger partial charge in [-0.3, -0.25) is 4.79 Å². The Hall–Kier alpha value is -0.610. The quantitative estimate of drug-likeness (QED) is 0.0538. The Labute approximate surface area is 353 Å². The van der Waals surface area contributed by atoms with E-state index in [2.05, 4.69) is 19.2 Å². The van der Waals surface area contributed by atoms with Crippen molar-refractivity contribution in [2.24, 2.45) is 0 Å². The number of aliphatic hydroxyl groups is 2. The summed E-state index contributed by atoms with van der Waals surface area (Å²) < 4.78 is 0. The molecule has 2 atom stereocenters. The second-order valence-electron chi connectivity index (χ2n) is 18.3. The van der Waals surface area contributed by atoms with Gasteiger partial charge in [0, 0.05) is 6.42 Å². The Morgan fingerprint density at radius 1 is 0.357 bits per heavy atom. The normalized spacial score (nSPS) is 12.7. The van der Waals surface area contributed by atoms with Gasteiger partial charge in [-0.1, -0.05) is 290 Å². The van der Waals surface area contributed by atoms with Crippen molar-refractivity contribution in [3.05, 3.63) is 0 Å². The fraction of sp³-hybridized carbons (Fsp3) is 0.981. The number of carbonyl (C=O) groups excluding carboxylic acids is 1. The van der Waals surface area contributed by atoms with Crippen LogP contribution in [-0.4, -0.2) is 34.9 Å². The Morgan fingerprint density at radius 2 is 0.571 bits per heavy atom. The average molecular weight is 792 g/mol. The molecule has 0 rings (SSSR count). The minimum Gasteiger partial charge on any atom is -0.394 e. The smallest absolute Gasteiger partial charge is 0.220 e. The van der Waals surface area contributed by atoms with E-state index in [0.29, 0.717) is 12.8 Å². The summed E-state index contributed by atoms with van der Waals surface area (Å²) in [4.78, 5) is 12.4. The largest absolute Gasteiger partial charge is 0.394 e. The first-order valence-corrected chi connectivity index (χ1v) is 26.2. The molecular formula is C52H105NO3. The van der Waals surface area contributed by atoms with Gasteiger partial charge in [-0.15, -0.1) is 0 Å². The Bertz CT molecular complexity index is 729. The molecule has 0 aromatic heterocycles. The van der Waals surface area contributed by atoms with Crippen molar-refractivity contribution < 1.29 is 15.0 Å². The molecule has 0 aromatic rings. The minimum atomic E-state index is -0.652. The van der Waals surface area contributed by atoms with Crippen molar-refractivity contribution in [1.82, 2.24) is 5.32 Å². The van der Waals surface area contributed by atoms with E-state index in [1.807, 2.05) is 0 Å². The summed E-state index contributed by atoms with van der Waals surface area (Å²) in [7, 11) is 0. The molecule has 1 amide bonds. The van der Waals surface area contributed by atoms with Crippen molar-refractivity contribution in [2.45, 2.75) is 321 Å². The first-order chi connectivity index (χ1) is 27.7. The van der Waals surface area contributed by atoms with E-state index in [9.17, 15) is 15.0 Å². The van der Waals surface area contributed by atoms with Crippen molar-refractivity contribution in [3.8, 4) is 0 Å². The fourth-order valence-corrected chi connectivity index (χ4v) is 8.60. The second-order valence-corrected chi connectivity index (χ2v) is 18.3. The van der Waals surface area contributed by atoms with E-state index in [1.54, 1.807) is 0 Å². The van der Waals surface area contributed by atoms with Crippen LogP contribution < -0.4 is 5.32 Å². The topological polar surface area (TPSA) is 69.6 Å². The third-order valence-electron chi connectivity index (χ3n) is 12.6. The third-order valence-corrected chi connectivity index (χ3v) is 12.6.